The highest BCUT2D eigenvalue weighted by Crippen LogP contribution is 2.31. The third kappa shape index (κ3) is 4.18. The number of likely N-dealkylation sites (tertiary alicyclic amines) is 1. The van der Waals surface area contributed by atoms with Crippen LogP contribution in [0.2, 0.25) is 0 Å². The van der Waals surface area contributed by atoms with Crippen LogP contribution in [0.1, 0.15) is 28.0 Å². The third-order valence-corrected chi connectivity index (χ3v) is 6.01. The molecule has 2 amide bonds. The summed E-state index contributed by atoms with van der Waals surface area (Å²) in [6.07, 6.45) is -1.40. The molecule has 1 N–H and O–H groups in total. The fraction of sp³-hybridized carbons (Fsp3) is 0.318. The van der Waals surface area contributed by atoms with E-state index in [4.69, 9.17) is 0 Å². The normalized spacial score (nSPS) is 18.0. The van der Waals surface area contributed by atoms with E-state index >= 15 is 0 Å². The zero-order chi connectivity index (χ0) is 23.2. The molecule has 170 valence electrons. The lowest BCUT2D eigenvalue weighted by atomic mass is 10.1. The third-order valence-electron chi connectivity index (χ3n) is 6.01. The van der Waals surface area contributed by atoms with Gasteiger partial charge in [-0.2, -0.15) is 13.2 Å². The molecule has 3 aromatic rings. The summed E-state index contributed by atoms with van der Waals surface area (Å²) >= 11 is 0. The number of carbonyl (C=O) groups excluding carboxylic acids is 2. The SMILES string of the molecule is O=C(c1ccc2[nH]nnc2c1)N1C=C2CN(C(=O)CCc3ccc(C(F)(F)F)cn3)C[C@@H]2C1. The van der Waals surface area contributed by atoms with Gasteiger partial charge in [-0.1, -0.05) is 5.21 Å². The van der Waals surface area contributed by atoms with Gasteiger partial charge in [0.05, 0.1) is 11.1 Å². The lowest BCUT2D eigenvalue weighted by Gasteiger charge is -2.20. The number of hydrogen-bond acceptors (Lipinski definition) is 5. The van der Waals surface area contributed by atoms with Gasteiger partial charge in [-0.3, -0.25) is 19.7 Å². The lowest BCUT2D eigenvalue weighted by molar-refractivity contribution is -0.138. The summed E-state index contributed by atoms with van der Waals surface area (Å²) in [6, 6.07) is 7.46. The Balaban J connectivity index is 1.17. The number of rotatable bonds is 4. The smallest absolute Gasteiger partial charge is 0.338 e. The molecule has 1 fully saturated rings. The Kier molecular flexibility index (Phi) is 5.10. The first-order valence-electron chi connectivity index (χ1n) is 10.4. The van der Waals surface area contributed by atoms with E-state index in [2.05, 4.69) is 20.4 Å². The van der Waals surface area contributed by atoms with Crippen molar-refractivity contribution in [3.8, 4) is 0 Å². The predicted octanol–water partition coefficient (Wildman–Crippen LogP) is 2.80. The van der Waals surface area contributed by atoms with E-state index in [0.29, 0.717) is 36.4 Å². The zero-order valence-corrected chi connectivity index (χ0v) is 17.3. The van der Waals surface area contributed by atoms with E-state index in [1.165, 1.54) is 6.07 Å². The quantitative estimate of drug-likeness (QED) is 0.652. The highest BCUT2D eigenvalue weighted by atomic mass is 19.4. The maximum atomic E-state index is 12.9. The maximum Gasteiger partial charge on any atom is 0.417 e. The van der Waals surface area contributed by atoms with Crippen LogP contribution in [0.25, 0.3) is 11.0 Å². The van der Waals surface area contributed by atoms with Crippen molar-refractivity contribution in [1.82, 2.24) is 30.2 Å². The van der Waals surface area contributed by atoms with Gasteiger partial charge in [0.15, 0.2) is 0 Å². The van der Waals surface area contributed by atoms with Crippen molar-refractivity contribution in [2.24, 2.45) is 5.92 Å². The van der Waals surface area contributed by atoms with Gasteiger partial charge < -0.3 is 9.80 Å². The number of hydrogen-bond donors (Lipinski definition) is 1. The second-order valence-electron chi connectivity index (χ2n) is 8.21. The summed E-state index contributed by atoms with van der Waals surface area (Å²) in [6.45, 7) is 1.45. The molecule has 4 heterocycles. The highest BCUT2D eigenvalue weighted by Gasteiger charge is 2.37. The molecule has 11 heteroatoms. The standard InChI is InChI=1S/C22H19F3N6O2/c23-22(24,25)16-2-3-17(26-8-16)4-6-20(32)30-9-14-11-31(12-15(14)10-30)21(33)13-1-5-18-19(7-13)28-29-27-18/h1-3,5,7-8,11,15H,4,6,9-10,12H2,(H,27,28,29)/t15-/m1/s1. The van der Waals surface area contributed by atoms with Gasteiger partial charge in [-0.15, -0.1) is 5.10 Å². The minimum Gasteiger partial charge on any atom is -0.338 e. The Morgan fingerprint density at radius 2 is 2.00 bits per heavy atom. The van der Waals surface area contributed by atoms with Crippen LogP contribution in [0.15, 0.2) is 48.3 Å². The Hall–Kier alpha value is -3.76. The summed E-state index contributed by atoms with van der Waals surface area (Å²) in [5.41, 5.74) is 2.54. The molecule has 0 radical (unpaired) electrons. The minimum atomic E-state index is -4.43. The first kappa shape index (κ1) is 21.1. The Labute approximate surface area is 186 Å². The predicted molar refractivity (Wildman–Crippen MR) is 111 cm³/mol. The van der Waals surface area contributed by atoms with Gasteiger partial charge in [0.1, 0.15) is 5.52 Å². The first-order valence-corrected chi connectivity index (χ1v) is 10.4. The number of aromatic nitrogens is 4. The van der Waals surface area contributed by atoms with Gasteiger partial charge in [0.2, 0.25) is 5.91 Å². The lowest BCUT2D eigenvalue weighted by Crippen LogP contribution is -2.33. The fourth-order valence-electron chi connectivity index (χ4n) is 4.21. The number of H-pyrrole nitrogens is 1. The topological polar surface area (TPSA) is 95.1 Å². The number of aromatic amines is 1. The van der Waals surface area contributed by atoms with Crippen molar-refractivity contribution in [1.29, 1.82) is 0 Å². The zero-order valence-electron chi connectivity index (χ0n) is 17.3. The van der Waals surface area contributed by atoms with Crippen molar-refractivity contribution in [3.63, 3.8) is 0 Å². The van der Waals surface area contributed by atoms with E-state index in [1.54, 1.807) is 28.0 Å². The summed E-state index contributed by atoms with van der Waals surface area (Å²) in [5, 5.41) is 10.4. The number of pyridine rings is 1. The summed E-state index contributed by atoms with van der Waals surface area (Å²) in [5.74, 6) is -0.132. The van der Waals surface area contributed by atoms with Crippen molar-refractivity contribution >= 4 is 22.8 Å². The second-order valence-corrected chi connectivity index (χ2v) is 8.21. The molecule has 5 rings (SSSR count). The molecular weight excluding hydrogens is 437 g/mol. The average molecular weight is 456 g/mol. The van der Waals surface area contributed by atoms with E-state index in [0.717, 1.165) is 23.4 Å². The van der Waals surface area contributed by atoms with Crippen LogP contribution in [0, 0.1) is 5.92 Å². The van der Waals surface area contributed by atoms with Crippen molar-refractivity contribution in [2.45, 2.75) is 19.0 Å². The van der Waals surface area contributed by atoms with E-state index in [1.807, 2.05) is 6.20 Å². The van der Waals surface area contributed by atoms with E-state index < -0.39 is 11.7 Å². The van der Waals surface area contributed by atoms with Gasteiger partial charge >= 0.3 is 6.18 Å². The highest BCUT2D eigenvalue weighted by molar-refractivity contribution is 5.98. The summed E-state index contributed by atoms with van der Waals surface area (Å²) < 4.78 is 37.9. The molecule has 0 aliphatic carbocycles. The Morgan fingerprint density at radius 1 is 1.15 bits per heavy atom. The number of nitrogens with one attached hydrogen (secondary N) is 1. The molecule has 0 saturated carbocycles. The number of amides is 2. The van der Waals surface area contributed by atoms with Crippen LogP contribution in [0.5, 0.6) is 0 Å². The van der Waals surface area contributed by atoms with Gasteiger partial charge in [-0.25, -0.2) is 0 Å². The number of halogens is 3. The number of carbonyl (C=O) groups is 2. The summed E-state index contributed by atoms with van der Waals surface area (Å²) in [7, 11) is 0. The van der Waals surface area contributed by atoms with E-state index in [-0.39, 0.29) is 30.6 Å². The van der Waals surface area contributed by atoms with Gasteiger partial charge in [0.25, 0.3) is 5.91 Å². The monoisotopic (exact) mass is 456 g/mol. The molecule has 0 bridgehead atoms. The van der Waals surface area contributed by atoms with Crippen molar-refractivity contribution in [2.75, 3.05) is 19.6 Å². The molecule has 2 aliphatic rings. The van der Waals surface area contributed by atoms with Crippen LogP contribution in [-0.2, 0) is 17.4 Å². The molecule has 1 atom stereocenters. The van der Waals surface area contributed by atoms with Crippen LogP contribution in [0.4, 0.5) is 13.2 Å². The Bertz CT molecular complexity index is 1250. The second kappa shape index (κ2) is 7.98. The maximum absolute atomic E-state index is 12.9. The first-order chi connectivity index (χ1) is 15.8. The fourth-order valence-corrected chi connectivity index (χ4v) is 4.21. The van der Waals surface area contributed by atoms with Gasteiger partial charge in [0, 0.05) is 55.6 Å². The molecular formula is C22H19F3N6O2. The largest absolute Gasteiger partial charge is 0.417 e. The van der Waals surface area contributed by atoms with Crippen LogP contribution in [0.3, 0.4) is 0 Å². The minimum absolute atomic E-state index is 0.0814. The molecule has 8 nitrogen and oxygen atoms in total. The van der Waals surface area contributed by atoms with Crippen LogP contribution in [-0.4, -0.2) is 61.6 Å². The number of nitrogens with zero attached hydrogens (tertiary/aromatic N) is 5. The number of fused-ring (bicyclic) bond motifs is 2. The molecule has 2 aromatic heterocycles. The average Bonchev–Trinajstić information content (AvgIpc) is 3.50. The molecule has 0 unspecified atom stereocenters. The number of alkyl halides is 3. The van der Waals surface area contributed by atoms with Crippen molar-refractivity contribution in [3.05, 3.63) is 65.1 Å². The van der Waals surface area contributed by atoms with Crippen LogP contribution < -0.4 is 0 Å². The molecule has 33 heavy (non-hydrogen) atoms. The molecule has 1 aromatic carbocycles. The molecule has 1 saturated heterocycles. The molecule has 2 aliphatic heterocycles. The number of aryl methyl sites for hydroxylation is 1. The van der Waals surface area contributed by atoms with E-state index in [9.17, 15) is 22.8 Å². The molecule has 0 spiro atoms. The van der Waals surface area contributed by atoms with Crippen molar-refractivity contribution < 1.29 is 22.8 Å². The van der Waals surface area contributed by atoms with Gasteiger partial charge in [-0.05, 0) is 42.3 Å². The van der Waals surface area contributed by atoms with Crippen LogP contribution >= 0.6 is 0 Å². The number of benzene rings is 1. The summed E-state index contributed by atoms with van der Waals surface area (Å²) in [4.78, 5) is 32.7. The Morgan fingerprint density at radius 3 is 2.73 bits per heavy atom.